The molecule has 0 spiro atoms. The van der Waals surface area contributed by atoms with E-state index in [1.807, 2.05) is 0 Å². The van der Waals surface area contributed by atoms with Crippen LogP contribution in [0.25, 0.3) is 0 Å². The first kappa shape index (κ1) is 18.7. The summed E-state index contributed by atoms with van der Waals surface area (Å²) in [6.45, 7) is 1.78. The first-order valence-electron chi connectivity index (χ1n) is 8.94. The fraction of sp³-hybridized carbons (Fsp3) is 0.350. The van der Waals surface area contributed by atoms with Gasteiger partial charge in [-0.2, -0.15) is 13.2 Å². The molecular weight excluding hydrogens is 376 g/mol. The van der Waals surface area contributed by atoms with Crippen molar-refractivity contribution in [1.29, 1.82) is 0 Å². The molecule has 4 nitrogen and oxygen atoms in total. The Hall–Kier alpha value is -2.61. The maximum atomic E-state index is 13.8. The smallest absolute Gasteiger partial charge is 0.416 e. The molecule has 1 fully saturated rings. The number of halogens is 4. The lowest BCUT2D eigenvalue weighted by atomic mass is 10.0. The highest BCUT2D eigenvalue weighted by Gasteiger charge is 2.37. The van der Waals surface area contributed by atoms with Crippen molar-refractivity contribution in [3.63, 3.8) is 0 Å². The van der Waals surface area contributed by atoms with Crippen LogP contribution in [0.5, 0.6) is 0 Å². The predicted molar refractivity (Wildman–Crippen MR) is 94.2 cm³/mol. The average Bonchev–Trinajstić information content (AvgIpc) is 2.99. The number of carbonyl (C=O) groups is 1. The lowest BCUT2D eigenvalue weighted by molar-refractivity contribution is -0.137. The van der Waals surface area contributed by atoms with Gasteiger partial charge in [-0.3, -0.25) is 9.80 Å². The van der Waals surface area contributed by atoms with Gasteiger partial charge < -0.3 is 4.74 Å². The fourth-order valence-electron chi connectivity index (χ4n) is 3.71. The number of amides is 1. The lowest BCUT2D eigenvalue weighted by Crippen LogP contribution is -2.40. The van der Waals surface area contributed by atoms with Gasteiger partial charge >= 0.3 is 12.3 Å². The van der Waals surface area contributed by atoms with E-state index in [4.69, 9.17) is 4.74 Å². The minimum absolute atomic E-state index is 0.191. The van der Waals surface area contributed by atoms with Gasteiger partial charge in [0, 0.05) is 19.6 Å². The van der Waals surface area contributed by atoms with E-state index in [1.54, 1.807) is 6.07 Å². The number of hydrogen-bond donors (Lipinski definition) is 0. The molecule has 148 valence electrons. The summed E-state index contributed by atoms with van der Waals surface area (Å²) in [7, 11) is 0. The van der Waals surface area contributed by atoms with Gasteiger partial charge in [-0.15, -0.1) is 0 Å². The predicted octanol–water partition coefficient (Wildman–Crippen LogP) is 4.58. The number of carbonyl (C=O) groups excluding carboxylic acids is 1. The highest BCUT2D eigenvalue weighted by Crippen LogP contribution is 2.33. The monoisotopic (exact) mass is 394 g/mol. The van der Waals surface area contributed by atoms with Gasteiger partial charge in [-0.25, -0.2) is 9.18 Å². The Morgan fingerprint density at radius 2 is 1.86 bits per heavy atom. The number of ether oxygens (including phenoxy) is 1. The first-order chi connectivity index (χ1) is 13.3. The average molecular weight is 394 g/mol. The van der Waals surface area contributed by atoms with Crippen LogP contribution < -0.4 is 4.90 Å². The van der Waals surface area contributed by atoms with Crippen molar-refractivity contribution in [3.8, 4) is 0 Å². The zero-order chi connectivity index (χ0) is 19.9. The van der Waals surface area contributed by atoms with Crippen LogP contribution in [-0.4, -0.2) is 30.2 Å². The van der Waals surface area contributed by atoms with Crippen LogP contribution in [0.3, 0.4) is 0 Å². The second-order valence-electron chi connectivity index (χ2n) is 7.07. The molecule has 0 aliphatic carbocycles. The number of anilines is 1. The van der Waals surface area contributed by atoms with E-state index in [9.17, 15) is 22.4 Å². The molecule has 2 aliphatic heterocycles. The van der Waals surface area contributed by atoms with Crippen molar-refractivity contribution in [2.75, 3.05) is 18.1 Å². The number of nitrogens with zero attached hydrogens (tertiary/aromatic N) is 2. The minimum atomic E-state index is -4.36. The maximum absolute atomic E-state index is 13.8. The van der Waals surface area contributed by atoms with Crippen molar-refractivity contribution in [2.24, 2.45) is 0 Å². The molecule has 2 aromatic rings. The Labute approximate surface area is 159 Å². The Morgan fingerprint density at radius 3 is 2.57 bits per heavy atom. The van der Waals surface area contributed by atoms with E-state index in [2.05, 4.69) is 4.90 Å². The summed E-state index contributed by atoms with van der Waals surface area (Å²) >= 11 is 0. The molecule has 0 aromatic heterocycles. The van der Waals surface area contributed by atoms with Crippen LogP contribution in [0.1, 0.15) is 23.1 Å². The Morgan fingerprint density at radius 1 is 1.11 bits per heavy atom. The Kier molecular flexibility index (Phi) is 4.74. The van der Waals surface area contributed by atoms with Crippen LogP contribution in [-0.2, 0) is 24.0 Å². The zero-order valence-corrected chi connectivity index (χ0v) is 14.9. The Balaban J connectivity index is 1.58. The van der Waals surface area contributed by atoms with Gasteiger partial charge in [0.2, 0.25) is 0 Å². The van der Waals surface area contributed by atoms with Gasteiger partial charge in [0.1, 0.15) is 12.4 Å². The molecule has 0 unspecified atom stereocenters. The fourth-order valence-corrected chi connectivity index (χ4v) is 3.71. The molecular formula is C20H18F4N2O2. The van der Waals surface area contributed by atoms with E-state index in [0.29, 0.717) is 31.7 Å². The summed E-state index contributed by atoms with van der Waals surface area (Å²) in [6.07, 6.45) is -4.21. The summed E-state index contributed by atoms with van der Waals surface area (Å²) in [6, 6.07) is 9.22. The quantitative estimate of drug-likeness (QED) is 0.700. The number of cyclic esters (lactones) is 1. The molecule has 4 rings (SSSR count). The van der Waals surface area contributed by atoms with Crippen LogP contribution in [0.4, 0.5) is 28.0 Å². The second-order valence-corrected chi connectivity index (χ2v) is 7.07. The van der Waals surface area contributed by atoms with Crippen LogP contribution in [0.2, 0.25) is 0 Å². The summed E-state index contributed by atoms with van der Waals surface area (Å²) < 4.78 is 57.2. The topological polar surface area (TPSA) is 32.8 Å². The van der Waals surface area contributed by atoms with Crippen molar-refractivity contribution in [3.05, 3.63) is 65.0 Å². The molecule has 1 atom stereocenters. The standard InChI is InChI=1S/C20H18F4N2O2/c21-16-6-3-14-11-25(10-13-1-4-15(5-2-13)20(22,23)24)8-7-17-12-28-19(27)26(17)18(14)9-16/h1-6,9,17H,7-8,10-12H2/t17-/m0/s1. The van der Waals surface area contributed by atoms with Crippen molar-refractivity contribution in [1.82, 2.24) is 4.90 Å². The maximum Gasteiger partial charge on any atom is 0.416 e. The van der Waals surface area contributed by atoms with Gasteiger partial charge in [0.05, 0.1) is 17.3 Å². The molecule has 0 N–H and O–H groups in total. The van der Waals surface area contributed by atoms with Crippen molar-refractivity contribution < 1.29 is 27.1 Å². The lowest BCUT2D eigenvalue weighted by Gasteiger charge is -2.32. The van der Waals surface area contributed by atoms with Crippen LogP contribution >= 0.6 is 0 Å². The first-order valence-corrected chi connectivity index (χ1v) is 8.94. The molecule has 1 saturated heterocycles. The summed E-state index contributed by atoms with van der Waals surface area (Å²) in [5.41, 5.74) is 1.34. The summed E-state index contributed by atoms with van der Waals surface area (Å²) in [5, 5.41) is 0. The van der Waals surface area contributed by atoms with Gasteiger partial charge in [-0.05, 0) is 41.8 Å². The summed E-state index contributed by atoms with van der Waals surface area (Å²) in [4.78, 5) is 15.7. The molecule has 2 aromatic carbocycles. The van der Waals surface area contributed by atoms with E-state index in [0.717, 1.165) is 23.3 Å². The highest BCUT2D eigenvalue weighted by molar-refractivity contribution is 5.91. The van der Waals surface area contributed by atoms with Gasteiger partial charge in [0.25, 0.3) is 0 Å². The molecule has 0 saturated carbocycles. The molecule has 2 aliphatic rings. The highest BCUT2D eigenvalue weighted by atomic mass is 19.4. The van der Waals surface area contributed by atoms with Crippen LogP contribution in [0, 0.1) is 5.82 Å². The second kappa shape index (κ2) is 7.09. The van der Waals surface area contributed by atoms with Crippen molar-refractivity contribution in [2.45, 2.75) is 31.7 Å². The molecule has 2 heterocycles. The molecule has 28 heavy (non-hydrogen) atoms. The molecule has 8 heteroatoms. The van der Waals surface area contributed by atoms with Crippen molar-refractivity contribution >= 4 is 11.8 Å². The zero-order valence-electron chi connectivity index (χ0n) is 14.9. The number of hydrogen-bond acceptors (Lipinski definition) is 3. The third-order valence-corrected chi connectivity index (χ3v) is 5.13. The molecule has 0 radical (unpaired) electrons. The normalized spacial score (nSPS) is 20.2. The van der Waals surface area contributed by atoms with E-state index >= 15 is 0 Å². The number of alkyl halides is 3. The SMILES string of the molecule is O=C1OC[C@@H]2CCN(Cc3ccc(C(F)(F)F)cc3)Cc3ccc(F)cc3N12. The largest absolute Gasteiger partial charge is 0.447 e. The molecule has 0 bridgehead atoms. The van der Waals surface area contributed by atoms with Gasteiger partial charge in [0.15, 0.2) is 0 Å². The number of fused-ring (bicyclic) bond motifs is 3. The van der Waals surface area contributed by atoms with E-state index < -0.39 is 23.7 Å². The minimum Gasteiger partial charge on any atom is -0.447 e. The van der Waals surface area contributed by atoms with Crippen LogP contribution in [0.15, 0.2) is 42.5 Å². The van der Waals surface area contributed by atoms with E-state index in [1.165, 1.54) is 29.2 Å². The summed E-state index contributed by atoms with van der Waals surface area (Å²) in [5.74, 6) is -0.438. The Bertz CT molecular complexity index is 883. The molecule has 1 amide bonds. The van der Waals surface area contributed by atoms with E-state index in [-0.39, 0.29) is 12.6 Å². The third kappa shape index (κ3) is 3.69. The van der Waals surface area contributed by atoms with Gasteiger partial charge in [-0.1, -0.05) is 18.2 Å². The number of benzene rings is 2. The third-order valence-electron chi connectivity index (χ3n) is 5.13. The number of rotatable bonds is 2.